The molecule has 106 valence electrons. The van der Waals surface area contributed by atoms with Crippen molar-refractivity contribution in [1.29, 1.82) is 0 Å². The van der Waals surface area contributed by atoms with Crippen molar-refractivity contribution < 1.29 is 0 Å². The second-order valence-electron chi connectivity index (χ2n) is 4.69. The summed E-state index contributed by atoms with van der Waals surface area (Å²) >= 11 is 6.74. The second kappa shape index (κ2) is 5.61. The van der Waals surface area contributed by atoms with Crippen molar-refractivity contribution in [1.82, 2.24) is 9.55 Å². The Morgan fingerprint density at radius 3 is 2.71 bits per heavy atom. The average molecular weight is 409 g/mol. The molecule has 0 bridgehead atoms. The zero-order valence-electron chi connectivity index (χ0n) is 10.9. The van der Waals surface area contributed by atoms with E-state index in [4.69, 9.17) is 5.73 Å². The monoisotopic (exact) mass is 407 g/mol. The van der Waals surface area contributed by atoms with Crippen LogP contribution in [0.1, 0.15) is 5.56 Å². The maximum atomic E-state index is 12.5. The van der Waals surface area contributed by atoms with Gasteiger partial charge < -0.3 is 5.73 Å². The number of rotatable bonds is 2. The van der Waals surface area contributed by atoms with Gasteiger partial charge in [-0.1, -0.05) is 22.0 Å². The molecular weight excluding hydrogens is 398 g/mol. The molecule has 1 aromatic heterocycles. The number of fused-ring (bicyclic) bond motifs is 1. The van der Waals surface area contributed by atoms with Crippen LogP contribution >= 0.6 is 31.9 Å². The fourth-order valence-corrected chi connectivity index (χ4v) is 2.74. The zero-order chi connectivity index (χ0) is 15.0. The molecule has 0 spiro atoms. The number of nitrogens with zero attached hydrogens (tertiary/aromatic N) is 2. The highest BCUT2D eigenvalue weighted by molar-refractivity contribution is 9.10. The van der Waals surface area contributed by atoms with Gasteiger partial charge in [0, 0.05) is 14.6 Å². The lowest BCUT2D eigenvalue weighted by Gasteiger charge is -2.08. The van der Waals surface area contributed by atoms with Gasteiger partial charge >= 0.3 is 0 Å². The quantitative estimate of drug-likeness (QED) is 0.659. The minimum absolute atomic E-state index is 0.0669. The Morgan fingerprint density at radius 2 is 1.95 bits per heavy atom. The Kier molecular flexibility index (Phi) is 3.82. The summed E-state index contributed by atoms with van der Waals surface area (Å²) in [6, 6.07) is 11.1. The topological polar surface area (TPSA) is 60.9 Å². The minimum atomic E-state index is -0.0669. The summed E-state index contributed by atoms with van der Waals surface area (Å²) in [5.74, 6) is 0. The molecule has 0 aliphatic heterocycles. The van der Waals surface area contributed by atoms with Crippen molar-refractivity contribution in [2.75, 3.05) is 5.73 Å². The van der Waals surface area contributed by atoms with E-state index in [1.54, 1.807) is 17.0 Å². The predicted octanol–water partition coefficient (Wildman–Crippen LogP) is 3.55. The molecule has 0 fully saturated rings. The molecule has 2 N–H and O–H groups in total. The van der Waals surface area contributed by atoms with Crippen LogP contribution in [-0.4, -0.2) is 9.55 Å². The smallest absolute Gasteiger partial charge is 0.261 e. The van der Waals surface area contributed by atoms with Gasteiger partial charge in [0.15, 0.2) is 0 Å². The van der Waals surface area contributed by atoms with Crippen LogP contribution in [0.2, 0.25) is 0 Å². The number of hydrogen-bond acceptors (Lipinski definition) is 3. The van der Waals surface area contributed by atoms with Crippen LogP contribution in [0.15, 0.2) is 56.5 Å². The van der Waals surface area contributed by atoms with Crippen LogP contribution in [0.3, 0.4) is 0 Å². The Balaban J connectivity index is 2.06. The van der Waals surface area contributed by atoms with Crippen molar-refractivity contribution in [3.8, 4) is 0 Å². The van der Waals surface area contributed by atoms with E-state index in [1.807, 2.05) is 30.3 Å². The van der Waals surface area contributed by atoms with Gasteiger partial charge in [0.25, 0.3) is 5.56 Å². The van der Waals surface area contributed by atoms with Crippen LogP contribution < -0.4 is 11.3 Å². The van der Waals surface area contributed by atoms with Gasteiger partial charge in [0.2, 0.25) is 0 Å². The number of anilines is 1. The molecule has 0 unspecified atom stereocenters. The molecule has 4 nitrogen and oxygen atoms in total. The number of nitrogens with two attached hydrogens (primary N) is 1. The molecule has 3 aromatic rings. The summed E-state index contributed by atoms with van der Waals surface area (Å²) in [4.78, 5) is 16.8. The Labute approximate surface area is 137 Å². The van der Waals surface area contributed by atoms with Gasteiger partial charge in [-0.15, -0.1) is 0 Å². The van der Waals surface area contributed by atoms with Crippen LogP contribution in [0.25, 0.3) is 10.9 Å². The lowest BCUT2D eigenvalue weighted by molar-refractivity contribution is 0.748. The van der Waals surface area contributed by atoms with Gasteiger partial charge in [-0.3, -0.25) is 9.36 Å². The molecule has 0 saturated heterocycles. The van der Waals surface area contributed by atoms with Crippen LogP contribution in [-0.2, 0) is 6.54 Å². The molecule has 0 radical (unpaired) electrons. The maximum absolute atomic E-state index is 12.5. The van der Waals surface area contributed by atoms with Gasteiger partial charge in [-0.2, -0.15) is 0 Å². The largest absolute Gasteiger partial charge is 0.398 e. The third-order valence-electron chi connectivity index (χ3n) is 3.20. The predicted molar refractivity (Wildman–Crippen MR) is 91.4 cm³/mol. The molecule has 0 aliphatic carbocycles. The van der Waals surface area contributed by atoms with Gasteiger partial charge in [-0.05, 0) is 51.8 Å². The molecule has 1 heterocycles. The Hall–Kier alpha value is -1.66. The highest BCUT2D eigenvalue weighted by Gasteiger charge is 2.06. The number of hydrogen-bond donors (Lipinski definition) is 1. The molecule has 21 heavy (non-hydrogen) atoms. The first kappa shape index (κ1) is 14.3. The average Bonchev–Trinajstić information content (AvgIpc) is 2.46. The van der Waals surface area contributed by atoms with E-state index in [0.29, 0.717) is 23.1 Å². The van der Waals surface area contributed by atoms with Crippen LogP contribution in [0.4, 0.5) is 5.69 Å². The summed E-state index contributed by atoms with van der Waals surface area (Å²) in [5.41, 5.74) is 8.09. The maximum Gasteiger partial charge on any atom is 0.261 e. The highest BCUT2D eigenvalue weighted by atomic mass is 79.9. The summed E-state index contributed by atoms with van der Waals surface area (Å²) in [5, 5.41) is 0.594. The third-order valence-corrected chi connectivity index (χ3v) is 4.41. The summed E-state index contributed by atoms with van der Waals surface area (Å²) in [7, 11) is 0. The standard InChI is InChI=1S/C15H11Br2N3O/c16-10-2-4-14-11(6-10)15(21)20(8-19-14)7-9-1-3-12(17)13(18)5-9/h1-6,8H,7,18H2. The summed E-state index contributed by atoms with van der Waals surface area (Å²) in [6.45, 7) is 0.436. The SMILES string of the molecule is Nc1cc(Cn2cnc3ccc(Br)cc3c2=O)ccc1Br. The number of benzene rings is 2. The Bertz CT molecular complexity index is 890. The summed E-state index contributed by atoms with van der Waals surface area (Å²) in [6.07, 6.45) is 1.57. The number of aromatic nitrogens is 2. The van der Waals surface area contributed by atoms with E-state index in [-0.39, 0.29) is 5.56 Å². The molecule has 0 saturated carbocycles. The Morgan fingerprint density at radius 1 is 1.14 bits per heavy atom. The molecule has 0 aliphatic rings. The molecule has 6 heteroatoms. The highest BCUT2D eigenvalue weighted by Crippen LogP contribution is 2.20. The lowest BCUT2D eigenvalue weighted by Crippen LogP contribution is -2.21. The van der Waals surface area contributed by atoms with Crippen molar-refractivity contribution in [2.24, 2.45) is 0 Å². The van der Waals surface area contributed by atoms with Crippen molar-refractivity contribution in [3.63, 3.8) is 0 Å². The van der Waals surface area contributed by atoms with Gasteiger partial charge in [0.1, 0.15) is 0 Å². The fourth-order valence-electron chi connectivity index (χ4n) is 2.13. The van der Waals surface area contributed by atoms with Crippen molar-refractivity contribution in [3.05, 3.63) is 67.6 Å². The first-order valence-corrected chi connectivity index (χ1v) is 7.82. The molecule has 0 amide bonds. The first-order valence-electron chi connectivity index (χ1n) is 6.23. The number of nitrogen functional groups attached to an aromatic ring is 1. The van der Waals surface area contributed by atoms with E-state index in [2.05, 4.69) is 36.8 Å². The van der Waals surface area contributed by atoms with E-state index in [0.717, 1.165) is 14.5 Å². The van der Waals surface area contributed by atoms with Crippen LogP contribution in [0.5, 0.6) is 0 Å². The molecule has 3 rings (SSSR count). The molecule has 2 aromatic carbocycles. The lowest BCUT2D eigenvalue weighted by atomic mass is 10.2. The summed E-state index contributed by atoms with van der Waals surface area (Å²) < 4.78 is 3.29. The third kappa shape index (κ3) is 2.87. The van der Waals surface area contributed by atoms with Gasteiger partial charge in [-0.25, -0.2) is 4.98 Å². The van der Waals surface area contributed by atoms with Gasteiger partial charge in [0.05, 0.1) is 23.8 Å². The van der Waals surface area contributed by atoms with E-state index >= 15 is 0 Å². The van der Waals surface area contributed by atoms with Crippen LogP contribution in [0, 0.1) is 0 Å². The minimum Gasteiger partial charge on any atom is -0.398 e. The fraction of sp³-hybridized carbons (Fsp3) is 0.0667. The van der Waals surface area contributed by atoms with E-state index in [9.17, 15) is 4.79 Å². The van der Waals surface area contributed by atoms with E-state index in [1.165, 1.54) is 0 Å². The second-order valence-corrected chi connectivity index (χ2v) is 6.46. The zero-order valence-corrected chi connectivity index (χ0v) is 14.1. The normalized spacial score (nSPS) is 11.0. The number of halogens is 2. The van der Waals surface area contributed by atoms with E-state index < -0.39 is 0 Å². The van der Waals surface area contributed by atoms with Crippen molar-refractivity contribution >= 4 is 48.5 Å². The molecular formula is C15H11Br2N3O. The molecule has 0 atom stereocenters. The first-order chi connectivity index (χ1) is 10.0. The van der Waals surface area contributed by atoms with Crippen molar-refractivity contribution in [2.45, 2.75) is 6.54 Å².